The molecule has 0 spiro atoms. The summed E-state index contributed by atoms with van der Waals surface area (Å²) in [7, 11) is -0.883. The molecule has 88 valence electrons. The highest BCUT2D eigenvalue weighted by Crippen LogP contribution is 2.37. The monoisotopic (exact) mass is 301 g/mol. The molecular weight excluding hydrogens is 286 g/mol. The zero-order chi connectivity index (χ0) is 11.7. The molecule has 0 aliphatic carbocycles. The average molecular weight is 302 g/mol. The normalized spacial score (nSPS) is 28.8. The lowest BCUT2D eigenvalue weighted by atomic mass is 10.0. The fraction of sp³-hybridized carbons (Fsp3) is 0.500. The predicted molar refractivity (Wildman–Crippen MR) is 71.0 cm³/mol. The van der Waals surface area contributed by atoms with Gasteiger partial charge in [0.25, 0.3) is 0 Å². The van der Waals surface area contributed by atoms with E-state index in [1.165, 1.54) is 5.56 Å². The SMILES string of the molecule is CCNC1CC(C)S(=O)c2c(Br)cccc21. The van der Waals surface area contributed by atoms with Crippen LogP contribution in [0.2, 0.25) is 0 Å². The number of hydrogen-bond acceptors (Lipinski definition) is 2. The molecule has 0 amide bonds. The summed E-state index contributed by atoms with van der Waals surface area (Å²) >= 11 is 3.51. The van der Waals surface area contributed by atoms with Crippen molar-refractivity contribution in [2.75, 3.05) is 6.54 Å². The van der Waals surface area contributed by atoms with Crippen LogP contribution in [0.4, 0.5) is 0 Å². The van der Waals surface area contributed by atoms with E-state index < -0.39 is 10.8 Å². The average Bonchev–Trinajstić information content (AvgIpc) is 2.25. The quantitative estimate of drug-likeness (QED) is 0.910. The minimum atomic E-state index is -0.883. The highest BCUT2D eigenvalue weighted by atomic mass is 79.9. The van der Waals surface area contributed by atoms with Crippen molar-refractivity contribution in [3.63, 3.8) is 0 Å². The third-order valence-corrected chi connectivity index (χ3v) is 5.66. The molecule has 0 saturated heterocycles. The van der Waals surface area contributed by atoms with Crippen LogP contribution >= 0.6 is 15.9 Å². The second-order valence-electron chi connectivity index (χ2n) is 4.11. The van der Waals surface area contributed by atoms with Gasteiger partial charge in [0.2, 0.25) is 0 Å². The summed E-state index contributed by atoms with van der Waals surface area (Å²) in [5.74, 6) is 0. The summed E-state index contributed by atoms with van der Waals surface area (Å²) < 4.78 is 13.2. The van der Waals surface area contributed by atoms with Crippen LogP contribution in [0.15, 0.2) is 27.6 Å². The number of fused-ring (bicyclic) bond motifs is 1. The van der Waals surface area contributed by atoms with E-state index in [9.17, 15) is 4.21 Å². The third-order valence-electron chi connectivity index (χ3n) is 2.96. The van der Waals surface area contributed by atoms with Crippen LogP contribution in [0.1, 0.15) is 31.9 Å². The second-order valence-corrected chi connectivity index (χ2v) is 6.77. The molecule has 3 atom stereocenters. The first-order valence-corrected chi connectivity index (χ1v) is 7.58. The molecule has 0 fully saturated rings. The van der Waals surface area contributed by atoms with Gasteiger partial charge in [0.15, 0.2) is 0 Å². The van der Waals surface area contributed by atoms with E-state index in [1.807, 2.05) is 12.1 Å². The largest absolute Gasteiger partial charge is 0.310 e. The van der Waals surface area contributed by atoms with Crippen LogP contribution in [0, 0.1) is 0 Å². The fourth-order valence-corrected chi connectivity index (χ4v) is 4.53. The molecule has 0 bridgehead atoms. The first-order chi connectivity index (χ1) is 7.65. The third kappa shape index (κ3) is 2.11. The zero-order valence-corrected chi connectivity index (χ0v) is 11.9. The molecule has 1 aromatic rings. The molecule has 1 aromatic carbocycles. The van der Waals surface area contributed by atoms with Crippen molar-refractivity contribution in [1.29, 1.82) is 0 Å². The van der Waals surface area contributed by atoms with Crippen molar-refractivity contribution in [2.24, 2.45) is 0 Å². The molecule has 4 heteroatoms. The molecule has 1 heterocycles. The smallest absolute Gasteiger partial charge is 0.0580 e. The summed E-state index contributed by atoms with van der Waals surface area (Å²) in [6.45, 7) is 5.10. The molecule has 2 nitrogen and oxygen atoms in total. The van der Waals surface area contributed by atoms with E-state index in [0.29, 0.717) is 6.04 Å². The van der Waals surface area contributed by atoms with Crippen molar-refractivity contribution in [3.05, 3.63) is 28.2 Å². The maximum absolute atomic E-state index is 12.2. The van der Waals surface area contributed by atoms with Gasteiger partial charge in [0.1, 0.15) is 0 Å². The summed E-state index contributed by atoms with van der Waals surface area (Å²) in [5.41, 5.74) is 1.19. The van der Waals surface area contributed by atoms with Gasteiger partial charge >= 0.3 is 0 Å². The summed E-state index contributed by atoms with van der Waals surface area (Å²) in [6.07, 6.45) is 0.948. The topological polar surface area (TPSA) is 29.1 Å². The Labute approximate surface area is 107 Å². The Morgan fingerprint density at radius 2 is 2.31 bits per heavy atom. The molecule has 1 aliphatic heterocycles. The molecule has 1 N–H and O–H groups in total. The van der Waals surface area contributed by atoms with Gasteiger partial charge in [-0.3, -0.25) is 4.21 Å². The lowest BCUT2D eigenvalue weighted by Gasteiger charge is -2.30. The Morgan fingerprint density at radius 3 is 3.00 bits per heavy atom. The highest BCUT2D eigenvalue weighted by Gasteiger charge is 2.30. The molecule has 0 saturated carbocycles. The minimum Gasteiger partial charge on any atom is -0.310 e. The molecule has 0 aromatic heterocycles. The van der Waals surface area contributed by atoms with Gasteiger partial charge in [-0.2, -0.15) is 0 Å². The van der Waals surface area contributed by atoms with Crippen molar-refractivity contribution in [2.45, 2.75) is 36.5 Å². The summed E-state index contributed by atoms with van der Waals surface area (Å²) in [5, 5.41) is 3.68. The van der Waals surface area contributed by atoms with Crippen LogP contribution in [-0.4, -0.2) is 16.0 Å². The van der Waals surface area contributed by atoms with Crippen LogP contribution in [0.25, 0.3) is 0 Å². The number of benzene rings is 1. The fourth-order valence-electron chi connectivity index (χ4n) is 2.20. The van der Waals surface area contributed by atoms with Gasteiger partial charge in [0.05, 0.1) is 15.7 Å². The molecule has 1 aliphatic rings. The molecular formula is C12H16BrNOS. The number of hydrogen-bond donors (Lipinski definition) is 1. The van der Waals surface area contributed by atoms with Crippen LogP contribution in [-0.2, 0) is 10.8 Å². The van der Waals surface area contributed by atoms with Crippen molar-refractivity contribution < 1.29 is 4.21 Å². The van der Waals surface area contributed by atoms with Gasteiger partial charge in [-0.1, -0.05) is 26.0 Å². The summed E-state index contributed by atoms with van der Waals surface area (Å²) in [6, 6.07) is 6.40. The van der Waals surface area contributed by atoms with Gasteiger partial charge in [-0.05, 0) is 40.5 Å². The van der Waals surface area contributed by atoms with E-state index in [0.717, 1.165) is 22.3 Å². The molecule has 2 rings (SSSR count). The van der Waals surface area contributed by atoms with Gasteiger partial charge < -0.3 is 5.32 Å². The van der Waals surface area contributed by atoms with Crippen molar-refractivity contribution in [3.8, 4) is 0 Å². The van der Waals surface area contributed by atoms with E-state index in [-0.39, 0.29) is 5.25 Å². The maximum atomic E-state index is 12.2. The Morgan fingerprint density at radius 1 is 1.56 bits per heavy atom. The molecule has 0 radical (unpaired) electrons. The van der Waals surface area contributed by atoms with Gasteiger partial charge in [-0.15, -0.1) is 0 Å². The Balaban J connectivity index is 2.49. The first-order valence-electron chi connectivity index (χ1n) is 5.57. The Kier molecular flexibility index (Phi) is 3.82. The Hall–Kier alpha value is -0.190. The predicted octanol–water partition coefficient (Wildman–Crippen LogP) is 3.00. The van der Waals surface area contributed by atoms with Crippen LogP contribution in [0.3, 0.4) is 0 Å². The second kappa shape index (κ2) is 4.98. The first kappa shape index (κ1) is 12.3. The molecule has 16 heavy (non-hydrogen) atoms. The van der Waals surface area contributed by atoms with E-state index in [1.54, 1.807) is 0 Å². The summed E-state index contributed by atoms with van der Waals surface area (Å²) in [4.78, 5) is 0.979. The van der Waals surface area contributed by atoms with E-state index >= 15 is 0 Å². The van der Waals surface area contributed by atoms with Crippen molar-refractivity contribution >= 4 is 26.7 Å². The highest BCUT2D eigenvalue weighted by molar-refractivity contribution is 9.10. The molecule has 3 unspecified atom stereocenters. The van der Waals surface area contributed by atoms with Crippen LogP contribution in [0.5, 0.6) is 0 Å². The lowest BCUT2D eigenvalue weighted by Crippen LogP contribution is -2.31. The number of rotatable bonds is 2. The van der Waals surface area contributed by atoms with Crippen molar-refractivity contribution in [1.82, 2.24) is 5.32 Å². The number of halogens is 1. The lowest BCUT2D eigenvalue weighted by molar-refractivity contribution is 0.490. The Bertz CT molecular complexity index is 421. The van der Waals surface area contributed by atoms with Crippen LogP contribution < -0.4 is 5.32 Å². The van der Waals surface area contributed by atoms with E-state index in [2.05, 4.69) is 41.2 Å². The number of nitrogens with one attached hydrogen (secondary N) is 1. The zero-order valence-electron chi connectivity index (χ0n) is 9.50. The minimum absolute atomic E-state index is 0.218. The standard InChI is InChI=1S/C12H16BrNOS/c1-3-14-11-7-8(2)16(15)12-9(11)5-4-6-10(12)13/h4-6,8,11,14H,3,7H2,1-2H3. The maximum Gasteiger partial charge on any atom is 0.0580 e. The van der Waals surface area contributed by atoms with E-state index in [4.69, 9.17) is 0 Å². The van der Waals surface area contributed by atoms with Gasteiger partial charge in [-0.25, -0.2) is 0 Å². The van der Waals surface area contributed by atoms with Gasteiger partial charge in [0, 0.05) is 15.8 Å².